The van der Waals surface area contributed by atoms with Gasteiger partial charge in [-0.15, -0.1) is 0 Å². The molecule has 3 N–H and O–H groups in total. The number of rotatable bonds is 3. The maximum atomic E-state index is 9.09. The Morgan fingerprint density at radius 3 is 2.22 bits per heavy atom. The third-order valence-corrected chi connectivity index (χ3v) is 0.699. The Labute approximate surface area is 55.8 Å². The zero-order valence-electron chi connectivity index (χ0n) is 6.22. The van der Waals surface area contributed by atoms with Crippen molar-refractivity contribution in [3.8, 4) is 0 Å². The molecule has 0 aliphatic heterocycles. The van der Waals surface area contributed by atoms with Gasteiger partial charge < -0.3 is 15.6 Å². The molecule has 0 heterocycles. The van der Waals surface area contributed by atoms with E-state index in [9.17, 15) is 0 Å². The van der Waals surface area contributed by atoms with Crippen molar-refractivity contribution in [2.24, 2.45) is 5.73 Å². The normalized spacial score (nSPS) is 15.7. The van der Waals surface area contributed by atoms with Crippen molar-refractivity contribution in [1.29, 1.82) is 0 Å². The zero-order valence-corrected chi connectivity index (χ0v) is 6.22. The summed E-state index contributed by atoms with van der Waals surface area (Å²) in [5.41, 5.74) is 4.50. The highest BCUT2D eigenvalue weighted by Crippen LogP contribution is 2.00. The van der Waals surface area contributed by atoms with Crippen molar-refractivity contribution in [2.45, 2.75) is 32.6 Å². The summed E-state index contributed by atoms with van der Waals surface area (Å²) in [5.74, 6) is 0. The van der Waals surface area contributed by atoms with Crippen molar-refractivity contribution in [1.82, 2.24) is 0 Å². The van der Waals surface area contributed by atoms with Crippen LogP contribution < -0.4 is 5.73 Å². The van der Waals surface area contributed by atoms with Gasteiger partial charge in [0.1, 0.15) is 6.23 Å². The smallest absolute Gasteiger partial charge is 0.102 e. The van der Waals surface area contributed by atoms with Gasteiger partial charge in [-0.05, 0) is 20.8 Å². The molecule has 0 aromatic heterocycles. The van der Waals surface area contributed by atoms with Gasteiger partial charge in [-0.3, -0.25) is 0 Å². The Morgan fingerprint density at radius 1 is 1.67 bits per heavy atom. The Hall–Kier alpha value is -0.120. The van der Waals surface area contributed by atoms with E-state index in [-0.39, 0.29) is 12.8 Å². The minimum atomic E-state index is -0.770. The second-order valence-corrected chi connectivity index (χ2v) is 2.83. The highest BCUT2D eigenvalue weighted by Gasteiger charge is 2.12. The predicted molar refractivity (Wildman–Crippen MR) is 35.9 cm³/mol. The predicted octanol–water partition coefficient (Wildman–Crippen LogP) is 0.0786. The van der Waals surface area contributed by atoms with E-state index in [1.165, 1.54) is 0 Å². The molecule has 0 fully saturated rings. The van der Waals surface area contributed by atoms with Crippen LogP contribution in [0.5, 0.6) is 0 Å². The van der Waals surface area contributed by atoms with E-state index in [2.05, 4.69) is 0 Å². The fraction of sp³-hybridized carbons (Fsp3) is 1.00. The molecule has 0 bridgehead atoms. The molecule has 9 heavy (non-hydrogen) atoms. The summed E-state index contributed by atoms with van der Waals surface area (Å²) in [6, 6.07) is 0. The Morgan fingerprint density at radius 2 is 2.11 bits per heavy atom. The molecule has 3 nitrogen and oxygen atoms in total. The monoisotopic (exact) mass is 133 g/mol. The Bertz CT molecular complexity index is 75.6. The van der Waals surface area contributed by atoms with Crippen LogP contribution >= 0.6 is 0 Å². The van der Waals surface area contributed by atoms with Crippen molar-refractivity contribution < 1.29 is 9.84 Å². The van der Waals surface area contributed by atoms with Gasteiger partial charge in [0, 0.05) is 0 Å². The molecular formula is C6H15NO2. The van der Waals surface area contributed by atoms with Crippen LogP contribution in [0.25, 0.3) is 0 Å². The third-order valence-electron chi connectivity index (χ3n) is 0.699. The number of nitrogens with two attached hydrogens (primary N) is 1. The van der Waals surface area contributed by atoms with Gasteiger partial charge in [0.2, 0.25) is 0 Å². The summed E-state index contributed by atoms with van der Waals surface area (Å²) in [5, 5.41) is 9.09. The summed E-state index contributed by atoms with van der Waals surface area (Å²) >= 11 is 0. The molecule has 3 heteroatoms. The molecule has 0 aromatic rings. The molecule has 0 rings (SSSR count). The van der Waals surface area contributed by atoms with Crippen molar-refractivity contribution in [3.63, 3.8) is 0 Å². The van der Waals surface area contributed by atoms with Gasteiger partial charge in [-0.1, -0.05) is 0 Å². The lowest BCUT2D eigenvalue weighted by atomic mass is 10.2. The number of ether oxygens (including phenoxy) is 1. The quantitative estimate of drug-likeness (QED) is 0.536. The summed E-state index contributed by atoms with van der Waals surface area (Å²) in [7, 11) is 0. The Kier molecular flexibility index (Phi) is 3.11. The maximum Gasteiger partial charge on any atom is 0.102 e. The van der Waals surface area contributed by atoms with E-state index < -0.39 is 5.60 Å². The lowest BCUT2D eigenvalue weighted by molar-refractivity contribution is -0.0457. The molecule has 0 radical (unpaired) electrons. The van der Waals surface area contributed by atoms with Crippen molar-refractivity contribution in [2.75, 3.05) is 6.61 Å². The van der Waals surface area contributed by atoms with Crippen LogP contribution in [-0.2, 0) is 4.74 Å². The summed E-state index contributed by atoms with van der Waals surface area (Å²) < 4.78 is 4.93. The van der Waals surface area contributed by atoms with Gasteiger partial charge in [-0.25, -0.2) is 0 Å². The molecule has 0 aliphatic carbocycles. The highest BCUT2D eigenvalue weighted by molar-refractivity contribution is 4.62. The lowest BCUT2D eigenvalue weighted by Crippen LogP contribution is -2.31. The van der Waals surface area contributed by atoms with E-state index in [0.717, 1.165) is 0 Å². The topological polar surface area (TPSA) is 55.5 Å². The van der Waals surface area contributed by atoms with Crippen LogP contribution in [0.2, 0.25) is 0 Å². The van der Waals surface area contributed by atoms with Gasteiger partial charge in [0.15, 0.2) is 0 Å². The maximum absolute atomic E-state index is 9.09. The van der Waals surface area contributed by atoms with Gasteiger partial charge in [0.25, 0.3) is 0 Å². The first-order chi connectivity index (χ1) is 3.92. The molecule has 0 spiro atoms. The average Bonchev–Trinajstić information content (AvgIpc) is 1.59. The van der Waals surface area contributed by atoms with Crippen LogP contribution in [0.1, 0.15) is 20.8 Å². The SMILES string of the molecule is C[C@H](N)OCC(C)(C)O. The average molecular weight is 133 g/mol. The van der Waals surface area contributed by atoms with Gasteiger partial charge >= 0.3 is 0 Å². The number of hydrogen-bond donors (Lipinski definition) is 2. The van der Waals surface area contributed by atoms with Gasteiger partial charge in [0.05, 0.1) is 12.2 Å². The minimum absolute atomic E-state index is 0.282. The summed E-state index contributed by atoms with van der Waals surface area (Å²) in [6.45, 7) is 5.36. The molecule has 0 unspecified atom stereocenters. The van der Waals surface area contributed by atoms with E-state index in [4.69, 9.17) is 15.6 Å². The van der Waals surface area contributed by atoms with E-state index >= 15 is 0 Å². The molecule has 0 aliphatic rings. The van der Waals surface area contributed by atoms with Gasteiger partial charge in [-0.2, -0.15) is 0 Å². The van der Waals surface area contributed by atoms with Crippen LogP contribution in [0.3, 0.4) is 0 Å². The zero-order chi connectivity index (χ0) is 7.49. The second kappa shape index (κ2) is 3.15. The molecular weight excluding hydrogens is 118 g/mol. The van der Waals surface area contributed by atoms with E-state index in [1.54, 1.807) is 20.8 Å². The highest BCUT2D eigenvalue weighted by atomic mass is 16.5. The molecule has 0 saturated carbocycles. The number of aliphatic hydroxyl groups is 1. The van der Waals surface area contributed by atoms with E-state index in [1.807, 2.05) is 0 Å². The first-order valence-electron chi connectivity index (χ1n) is 3.01. The largest absolute Gasteiger partial charge is 0.388 e. The van der Waals surface area contributed by atoms with Crippen molar-refractivity contribution in [3.05, 3.63) is 0 Å². The molecule has 0 amide bonds. The second-order valence-electron chi connectivity index (χ2n) is 2.83. The first-order valence-corrected chi connectivity index (χ1v) is 3.01. The molecule has 56 valence electrons. The Balaban J connectivity index is 3.28. The first kappa shape index (κ1) is 8.88. The number of hydrogen-bond acceptors (Lipinski definition) is 3. The summed E-state index contributed by atoms with van der Waals surface area (Å²) in [4.78, 5) is 0. The molecule has 0 saturated heterocycles. The van der Waals surface area contributed by atoms with Crippen LogP contribution in [0.15, 0.2) is 0 Å². The lowest BCUT2D eigenvalue weighted by Gasteiger charge is -2.18. The van der Waals surface area contributed by atoms with Crippen LogP contribution in [-0.4, -0.2) is 23.5 Å². The fourth-order valence-electron chi connectivity index (χ4n) is 0.335. The molecule has 1 atom stereocenters. The van der Waals surface area contributed by atoms with E-state index in [0.29, 0.717) is 0 Å². The standard InChI is InChI=1S/C6H15NO2/c1-5(7)9-4-6(2,3)8/h5,8H,4,7H2,1-3H3/t5-/m1/s1. The van der Waals surface area contributed by atoms with Crippen LogP contribution in [0, 0.1) is 0 Å². The van der Waals surface area contributed by atoms with Crippen molar-refractivity contribution >= 4 is 0 Å². The third kappa shape index (κ3) is 7.88. The van der Waals surface area contributed by atoms with Crippen LogP contribution in [0.4, 0.5) is 0 Å². The summed E-state index contributed by atoms with van der Waals surface area (Å²) in [6.07, 6.45) is -0.295. The molecule has 0 aromatic carbocycles. The minimum Gasteiger partial charge on any atom is -0.388 e. The fourth-order valence-corrected chi connectivity index (χ4v) is 0.335.